The van der Waals surface area contributed by atoms with Crippen molar-refractivity contribution in [3.63, 3.8) is 0 Å². The quantitative estimate of drug-likeness (QED) is 0.139. The lowest BCUT2D eigenvalue weighted by atomic mass is 9.67. The van der Waals surface area contributed by atoms with Crippen molar-refractivity contribution >= 4 is 33.4 Å². The topological polar surface area (TPSA) is 3.24 Å². The summed E-state index contributed by atoms with van der Waals surface area (Å²) in [6.07, 6.45) is 7.93. The molecule has 14 rings (SSSR count). The number of allylic oxidation sites excluding steroid dienone is 4. The number of benzene rings is 11. The summed E-state index contributed by atoms with van der Waals surface area (Å²) in [4.78, 5) is 2.45. The van der Waals surface area contributed by atoms with Crippen LogP contribution in [0.1, 0.15) is 68.3 Å². The highest BCUT2D eigenvalue weighted by Crippen LogP contribution is 2.57. The number of anilines is 3. The molecule has 0 N–H and O–H groups in total. The highest BCUT2D eigenvalue weighted by Gasteiger charge is 2.46. The molecule has 0 fully saturated rings. The minimum absolute atomic E-state index is 0.231. The first-order chi connectivity index (χ1) is 36.2. The highest BCUT2D eigenvalue weighted by atomic mass is 15.1. The molecule has 0 saturated carbocycles. The van der Waals surface area contributed by atoms with E-state index in [-0.39, 0.29) is 11.8 Å². The Morgan fingerprint density at radius 3 is 1.67 bits per heavy atom. The van der Waals surface area contributed by atoms with E-state index in [9.17, 15) is 0 Å². The molecule has 2 unspecified atom stereocenters. The second kappa shape index (κ2) is 17.7. The van der Waals surface area contributed by atoms with E-state index in [1.54, 1.807) is 0 Å². The smallest absolute Gasteiger partial charge is 0.0714 e. The summed E-state index contributed by atoms with van der Waals surface area (Å²) in [7, 11) is 0. The van der Waals surface area contributed by atoms with E-state index in [0.29, 0.717) is 0 Å². The normalized spacial score (nSPS) is 15.8. The zero-order valence-electron chi connectivity index (χ0n) is 40.4. The van der Waals surface area contributed by atoms with E-state index in [1.165, 1.54) is 99.8 Å². The van der Waals surface area contributed by atoms with Crippen molar-refractivity contribution in [3.8, 4) is 33.4 Å². The van der Waals surface area contributed by atoms with Gasteiger partial charge >= 0.3 is 0 Å². The van der Waals surface area contributed by atoms with Gasteiger partial charge in [-0.25, -0.2) is 0 Å². The molecule has 73 heavy (non-hydrogen) atoms. The predicted octanol–water partition coefficient (Wildman–Crippen LogP) is 18.6. The fraction of sp³-hybridized carbons (Fsp3) is 0.0556. The Kier molecular flexibility index (Phi) is 10.4. The van der Waals surface area contributed by atoms with Gasteiger partial charge in [-0.2, -0.15) is 0 Å². The molecule has 0 radical (unpaired) electrons. The number of nitrogens with zero attached hydrogens (tertiary/aromatic N) is 1. The molecular weight excluding hydrogens is 879 g/mol. The van der Waals surface area contributed by atoms with Crippen molar-refractivity contribution < 1.29 is 0 Å². The van der Waals surface area contributed by atoms with Crippen LogP contribution in [-0.4, -0.2) is 0 Å². The Bertz CT molecular complexity index is 3880. The molecule has 0 bridgehead atoms. The number of fused-ring (bicyclic) bond motifs is 7. The first-order valence-corrected chi connectivity index (χ1v) is 25.7. The van der Waals surface area contributed by atoms with Gasteiger partial charge in [0, 0.05) is 28.9 Å². The molecule has 2 atom stereocenters. The first kappa shape index (κ1) is 42.8. The van der Waals surface area contributed by atoms with Crippen LogP contribution in [0.15, 0.2) is 285 Å². The second-order valence-electron chi connectivity index (χ2n) is 19.9. The Labute approximate surface area is 428 Å². The van der Waals surface area contributed by atoms with Crippen LogP contribution in [0.3, 0.4) is 0 Å². The van der Waals surface area contributed by atoms with Gasteiger partial charge in [-0.3, -0.25) is 0 Å². The van der Waals surface area contributed by atoms with Gasteiger partial charge in [-0.15, -0.1) is 0 Å². The number of hydrogen-bond donors (Lipinski definition) is 0. The van der Waals surface area contributed by atoms with Gasteiger partial charge in [0.15, 0.2) is 0 Å². The van der Waals surface area contributed by atoms with Crippen molar-refractivity contribution in [1.82, 2.24) is 0 Å². The summed E-state index contributed by atoms with van der Waals surface area (Å²) in [5.74, 6) is 0.499. The van der Waals surface area contributed by atoms with E-state index < -0.39 is 5.41 Å². The Morgan fingerprint density at radius 1 is 0.356 bits per heavy atom. The SMILES string of the molecule is C1=CC(c2ccc3cc(N(c4ccc(-c5ccccc5)cc4)c4ccc5c(c4)C(c4ccccc4)(c4ccccc4)c4ccccc4-5)ccc3c2)CC(c2ccc3c(c2)C(c2ccccc2)c2ccccc2-3)=C1. The molecular formula is C72H51N. The van der Waals surface area contributed by atoms with E-state index in [1.807, 2.05) is 0 Å². The molecule has 3 aliphatic carbocycles. The maximum atomic E-state index is 2.47. The van der Waals surface area contributed by atoms with Gasteiger partial charge in [-0.1, -0.05) is 243 Å². The molecule has 0 amide bonds. The molecule has 3 aliphatic rings. The molecule has 0 heterocycles. The van der Waals surface area contributed by atoms with E-state index >= 15 is 0 Å². The van der Waals surface area contributed by atoms with Gasteiger partial charge in [0.2, 0.25) is 0 Å². The summed E-state index contributed by atoms with van der Waals surface area (Å²) in [6.45, 7) is 0. The van der Waals surface area contributed by atoms with Crippen LogP contribution in [-0.2, 0) is 5.41 Å². The lowest BCUT2D eigenvalue weighted by Crippen LogP contribution is -2.28. The van der Waals surface area contributed by atoms with Gasteiger partial charge < -0.3 is 4.90 Å². The van der Waals surface area contributed by atoms with Crippen LogP contribution in [0.4, 0.5) is 17.1 Å². The van der Waals surface area contributed by atoms with E-state index in [4.69, 9.17) is 0 Å². The third kappa shape index (κ3) is 7.14. The zero-order valence-corrected chi connectivity index (χ0v) is 40.4. The van der Waals surface area contributed by atoms with Crippen LogP contribution in [0.5, 0.6) is 0 Å². The monoisotopic (exact) mass is 929 g/mol. The maximum absolute atomic E-state index is 2.47. The van der Waals surface area contributed by atoms with Crippen molar-refractivity contribution in [2.75, 3.05) is 4.90 Å². The lowest BCUT2D eigenvalue weighted by Gasteiger charge is -2.35. The molecule has 344 valence electrons. The standard InChI is InChI=1S/C72H51N/c1-5-18-49(19-6-1)50-34-38-60(39-35-50)73(62-41-43-66-65-29-15-16-31-69(65)72(70(66)48-62,58-24-9-3-10-25-58)59-26-11-4-12-27-59)61-40-36-55-45-54(32-33-56(55)46-61)52-22-17-23-53(44-52)57-37-42-64-63-28-13-14-30-67(63)71(68(64)47-57)51-20-7-2-8-21-51/h1-43,45-48,52,71H,44H2. The van der Waals surface area contributed by atoms with E-state index in [2.05, 4.69) is 290 Å². The zero-order chi connectivity index (χ0) is 48.3. The molecule has 11 aromatic rings. The summed E-state index contributed by atoms with van der Waals surface area (Å²) in [5, 5.41) is 2.45. The molecule has 0 aliphatic heterocycles. The molecule has 11 aromatic carbocycles. The third-order valence-corrected chi connectivity index (χ3v) is 16.0. The van der Waals surface area contributed by atoms with E-state index in [0.717, 1.165) is 23.5 Å². The average molecular weight is 930 g/mol. The average Bonchev–Trinajstić information content (AvgIpc) is 3.97. The first-order valence-electron chi connectivity index (χ1n) is 25.7. The van der Waals surface area contributed by atoms with Crippen LogP contribution in [0.25, 0.3) is 49.7 Å². The van der Waals surface area contributed by atoms with Gasteiger partial charge in [0.1, 0.15) is 0 Å². The Balaban J connectivity index is 0.836. The second-order valence-corrected chi connectivity index (χ2v) is 19.9. The summed E-state index contributed by atoms with van der Waals surface area (Å²) < 4.78 is 0. The summed E-state index contributed by atoms with van der Waals surface area (Å²) in [6, 6.07) is 99.3. The largest absolute Gasteiger partial charge is 0.310 e. The molecule has 0 aromatic heterocycles. The minimum Gasteiger partial charge on any atom is -0.310 e. The molecule has 0 spiro atoms. The van der Waals surface area contributed by atoms with Crippen LogP contribution in [0.2, 0.25) is 0 Å². The molecule has 1 heteroatoms. The molecule has 1 nitrogen and oxygen atoms in total. The van der Waals surface area contributed by atoms with Crippen molar-refractivity contribution in [3.05, 3.63) is 335 Å². The third-order valence-electron chi connectivity index (χ3n) is 16.0. The van der Waals surface area contributed by atoms with Crippen molar-refractivity contribution in [2.45, 2.75) is 23.7 Å². The Morgan fingerprint density at radius 2 is 0.904 bits per heavy atom. The molecule has 0 saturated heterocycles. The Hall–Kier alpha value is -9.04. The number of rotatable bonds is 9. The van der Waals surface area contributed by atoms with Gasteiger partial charge in [-0.05, 0) is 149 Å². The summed E-state index contributed by atoms with van der Waals surface area (Å²) >= 11 is 0. The fourth-order valence-electron chi connectivity index (χ4n) is 12.6. The van der Waals surface area contributed by atoms with Crippen LogP contribution >= 0.6 is 0 Å². The highest BCUT2D eigenvalue weighted by molar-refractivity contribution is 5.93. The van der Waals surface area contributed by atoms with Gasteiger partial charge in [0.25, 0.3) is 0 Å². The van der Waals surface area contributed by atoms with Gasteiger partial charge in [0.05, 0.1) is 5.41 Å². The minimum atomic E-state index is -0.507. The lowest BCUT2D eigenvalue weighted by molar-refractivity contribution is 0.768. The van der Waals surface area contributed by atoms with Crippen LogP contribution < -0.4 is 4.90 Å². The predicted molar refractivity (Wildman–Crippen MR) is 305 cm³/mol. The number of hydrogen-bond acceptors (Lipinski definition) is 1. The maximum Gasteiger partial charge on any atom is 0.0714 e. The van der Waals surface area contributed by atoms with Crippen LogP contribution in [0, 0.1) is 0 Å². The summed E-state index contributed by atoms with van der Waals surface area (Å²) in [5.41, 5.74) is 23.8. The van der Waals surface area contributed by atoms with Crippen molar-refractivity contribution in [1.29, 1.82) is 0 Å². The van der Waals surface area contributed by atoms with Crippen molar-refractivity contribution in [2.24, 2.45) is 0 Å². The fourth-order valence-corrected chi connectivity index (χ4v) is 12.6.